The first-order chi connectivity index (χ1) is 13.5. The molecular formula is C19H24ClN5O3. The molecule has 0 saturated carbocycles. The van der Waals surface area contributed by atoms with Gasteiger partial charge in [-0.25, -0.2) is 4.68 Å². The summed E-state index contributed by atoms with van der Waals surface area (Å²) >= 11 is 6.17. The van der Waals surface area contributed by atoms with E-state index in [4.69, 9.17) is 16.3 Å². The van der Waals surface area contributed by atoms with Crippen LogP contribution in [0, 0.1) is 0 Å². The van der Waals surface area contributed by atoms with Crippen LogP contribution in [-0.2, 0) is 11.8 Å². The topological polar surface area (TPSA) is 79.7 Å². The number of carbonyl (C=O) groups is 1. The van der Waals surface area contributed by atoms with Gasteiger partial charge in [0.15, 0.2) is 0 Å². The summed E-state index contributed by atoms with van der Waals surface area (Å²) in [6, 6.07) is 7.32. The number of nitrogens with zero attached hydrogens (tertiary/aromatic N) is 4. The van der Waals surface area contributed by atoms with Crippen molar-refractivity contribution in [2.24, 2.45) is 7.05 Å². The highest BCUT2D eigenvalue weighted by Gasteiger charge is 2.22. The standard InChI is InChI=1S/C19H24ClN5O3/c1-3-28-15-6-4-14(5-7-15)22-17(26)13-24-8-10-25(11-9-24)16-12-21-23(2)19(27)18(16)20/h4-7,12H,3,8-11,13H2,1-2H3,(H,22,26). The van der Waals surface area contributed by atoms with E-state index in [1.807, 2.05) is 36.1 Å². The van der Waals surface area contributed by atoms with Crippen LogP contribution in [0.2, 0.25) is 5.02 Å². The van der Waals surface area contributed by atoms with E-state index in [0.29, 0.717) is 45.0 Å². The average molecular weight is 406 g/mol. The lowest BCUT2D eigenvalue weighted by molar-refractivity contribution is -0.117. The molecule has 1 amide bonds. The molecule has 0 aliphatic carbocycles. The monoisotopic (exact) mass is 405 g/mol. The van der Waals surface area contributed by atoms with Gasteiger partial charge in [-0.15, -0.1) is 0 Å². The SMILES string of the molecule is CCOc1ccc(NC(=O)CN2CCN(c3cnn(C)c(=O)c3Cl)CC2)cc1. The van der Waals surface area contributed by atoms with Gasteiger partial charge in [0.2, 0.25) is 5.91 Å². The molecule has 3 rings (SSSR count). The smallest absolute Gasteiger partial charge is 0.287 e. The van der Waals surface area contributed by atoms with Gasteiger partial charge in [-0.3, -0.25) is 14.5 Å². The maximum absolute atomic E-state index is 12.3. The fraction of sp³-hybridized carbons (Fsp3) is 0.421. The van der Waals surface area contributed by atoms with Crippen LogP contribution in [0.25, 0.3) is 0 Å². The van der Waals surface area contributed by atoms with Gasteiger partial charge in [0.25, 0.3) is 5.56 Å². The molecule has 0 bridgehead atoms. The summed E-state index contributed by atoms with van der Waals surface area (Å²) in [6.07, 6.45) is 1.61. The fourth-order valence-electron chi connectivity index (χ4n) is 3.07. The van der Waals surface area contributed by atoms with Gasteiger partial charge < -0.3 is 15.0 Å². The molecule has 1 fully saturated rings. The van der Waals surface area contributed by atoms with Crippen molar-refractivity contribution in [3.05, 3.63) is 45.8 Å². The zero-order valence-corrected chi connectivity index (χ0v) is 16.8. The number of halogens is 1. The van der Waals surface area contributed by atoms with Gasteiger partial charge in [-0.05, 0) is 31.2 Å². The number of hydrogen-bond donors (Lipinski definition) is 1. The number of nitrogens with one attached hydrogen (secondary N) is 1. The predicted octanol–water partition coefficient (Wildman–Crippen LogP) is 1.59. The Labute approximate surface area is 168 Å². The van der Waals surface area contributed by atoms with E-state index in [0.717, 1.165) is 11.4 Å². The maximum atomic E-state index is 12.3. The number of aryl methyl sites for hydroxylation is 1. The summed E-state index contributed by atoms with van der Waals surface area (Å²) in [7, 11) is 1.57. The molecule has 28 heavy (non-hydrogen) atoms. The molecule has 0 radical (unpaired) electrons. The first-order valence-corrected chi connectivity index (χ1v) is 9.57. The largest absolute Gasteiger partial charge is 0.494 e. The van der Waals surface area contributed by atoms with E-state index in [1.165, 1.54) is 4.68 Å². The van der Waals surface area contributed by atoms with Gasteiger partial charge in [0.1, 0.15) is 10.8 Å². The van der Waals surface area contributed by atoms with Crippen LogP contribution >= 0.6 is 11.6 Å². The molecule has 1 saturated heterocycles. The van der Waals surface area contributed by atoms with E-state index in [-0.39, 0.29) is 16.5 Å². The minimum absolute atomic E-state index is 0.0640. The molecule has 2 heterocycles. The predicted molar refractivity (Wildman–Crippen MR) is 109 cm³/mol. The third-order valence-electron chi connectivity index (χ3n) is 4.59. The third kappa shape index (κ3) is 4.82. The Balaban J connectivity index is 1.50. The van der Waals surface area contributed by atoms with Crippen LogP contribution < -0.4 is 20.5 Å². The lowest BCUT2D eigenvalue weighted by atomic mass is 10.2. The van der Waals surface area contributed by atoms with Crippen LogP contribution in [0.5, 0.6) is 5.75 Å². The first kappa shape index (κ1) is 20.2. The number of benzene rings is 1. The molecule has 1 aliphatic heterocycles. The van der Waals surface area contributed by atoms with Crippen molar-refractivity contribution in [3.63, 3.8) is 0 Å². The first-order valence-electron chi connectivity index (χ1n) is 9.19. The van der Waals surface area contributed by atoms with Crippen molar-refractivity contribution < 1.29 is 9.53 Å². The highest BCUT2D eigenvalue weighted by molar-refractivity contribution is 6.33. The van der Waals surface area contributed by atoms with E-state index in [2.05, 4.69) is 15.3 Å². The summed E-state index contributed by atoms with van der Waals surface area (Å²) in [5, 5.41) is 7.12. The van der Waals surface area contributed by atoms with Crippen molar-refractivity contribution in [2.45, 2.75) is 6.92 Å². The lowest BCUT2D eigenvalue weighted by Crippen LogP contribution is -2.49. The van der Waals surface area contributed by atoms with E-state index >= 15 is 0 Å². The molecule has 0 unspecified atom stereocenters. The van der Waals surface area contributed by atoms with Crippen LogP contribution in [0.1, 0.15) is 6.92 Å². The van der Waals surface area contributed by atoms with Crippen molar-refractivity contribution in [2.75, 3.05) is 49.5 Å². The molecule has 2 aromatic rings. The number of rotatable bonds is 6. The fourth-order valence-corrected chi connectivity index (χ4v) is 3.36. The molecule has 0 spiro atoms. The van der Waals surface area contributed by atoms with Crippen LogP contribution in [-0.4, -0.2) is 59.9 Å². The number of hydrogen-bond acceptors (Lipinski definition) is 6. The summed E-state index contributed by atoms with van der Waals surface area (Å²) in [6.45, 7) is 5.58. The van der Waals surface area contributed by atoms with Crippen molar-refractivity contribution >= 4 is 28.9 Å². The Bertz CT molecular complexity index is 876. The second-order valence-corrected chi connectivity index (χ2v) is 6.92. The van der Waals surface area contributed by atoms with Gasteiger partial charge in [-0.2, -0.15) is 5.10 Å². The second kappa shape index (κ2) is 9.07. The van der Waals surface area contributed by atoms with Crippen LogP contribution in [0.4, 0.5) is 11.4 Å². The van der Waals surface area contributed by atoms with Crippen molar-refractivity contribution in [3.8, 4) is 5.75 Å². The number of amides is 1. The molecule has 150 valence electrons. The second-order valence-electron chi connectivity index (χ2n) is 6.54. The zero-order valence-electron chi connectivity index (χ0n) is 16.0. The Hall–Kier alpha value is -2.58. The summed E-state index contributed by atoms with van der Waals surface area (Å²) in [4.78, 5) is 28.3. The minimum atomic E-state index is -0.309. The van der Waals surface area contributed by atoms with Crippen LogP contribution in [0.15, 0.2) is 35.3 Å². The van der Waals surface area contributed by atoms with Crippen LogP contribution in [0.3, 0.4) is 0 Å². The normalized spacial score (nSPS) is 14.8. The van der Waals surface area contributed by atoms with E-state index in [9.17, 15) is 9.59 Å². The number of ether oxygens (including phenoxy) is 1. The molecule has 1 aromatic carbocycles. The summed E-state index contributed by atoms with van der Waals surface area (Å²) < 4.78 is 6.61. The molecule has 9 heteroatoms. The number of anilines is 2. The quantitative estimate of drug-likeness (QED) is 0.786. The molecule has 1 aromatic heterocycles. The number of piperazine rings is 1. The van der Waals surface area contributed by atoms with Gasteiger partial charge in [0, 0.05) is 38.9 Å². The molecule has 1 aliphatic rings. The van der Waals surface area contributed by atoms with E-state index < -0.39 is 0 Å². The van der Waals surface area contributed by atoms with E-state index in [1.54, 1.807) is 13.2 Å². The maximum Gasteiger partial charge on any atom is 0.287 e. The highest BCUT2D eigenvalue weighted by Crippen LogP contribution is 2.22. The molecule has 8 nitrogen and oxygen atoms in total. The Kier molecular flexibility index (Phi) is 6.53. The summed E-state index contributed by atoms with van der Waals surface area (Å²) in [5.41, 5.74) is 1.07. The molecular weight excluding hydrogens is 382 g/mol. The number of carbonyl (C=O) groups excluding carboxylic acids is 1. The Morgan fingerprint density at radius 2 is 1.89 bits per heavy atom. The average Bonchev–Trinajstić information content (AvgIpc) is 2.69. The third-order valence-corrected chi connectivity index (χ3v) is 4.94. The lowest BCUT2D eigenvalue weighted by Gasteiger charge is -2.35. The number of aromatic nitrogens is 2. The zero-order chi connectivity index (χ0) is 20.1. The van der Waals surface area contributed by atoms with Crippen molar-refractivity contribution in [1.29, 1.82) is 0 Å². The molecule has 0 atom stereocenters. The summed E-state index contributed by atoms with van der Waals surface area (Å²) in [5.74, 6) is 0.714. The minimum Gasteiger partial charge on any atom is -0.494 e. The highest BCUT2D eigenvalue weighted by atomic mass is 35.5. The van der Waals surface area contributed by atoms with Gasteiger partial charge in [0.05, 0.1) is 25.0 Å². The van der Waals surface area contributed by atoms with Gasteiger partial charge >= 0.3 is 0 Å². The Morgan fingerprint density at radius 1 is 1.21 bits per heavy atom. The molecule has 1 N–H and O–H groups in total. The van der Waals surface area contributed by atoms with Crippen molar-refractivity contribution in [1.82, 2.24) is 14.7 Å². The Morgan fingerprint density at radius 3 is 2.54 bits per heavy atom. The van der Waals surface area contributed by atoms with Gasteiger partial charge in [-0.1, -0.05) is 11.6 Å².